The third kappa shape index (κ3) is 6.02. The molecule has 5 aromatic rings. The third-order valence-electron chi connectivity index (χ3n) is 12.4. The van der Waals surface area contributed by atoms with Gasteiger partial charge < -0.3 is 24.4 Å². The van der Waals surface area contributed by atoms with Crippen LogP contribution in [0, 0.1) is 41.7 Å². The predicted molar refractivity (Wildman–Crippen MR) is 201 cm³/mol. The quantitative estimate of drug-likeness (QED) is 0.140. The van der Waals surface area contributed by atoms with E-state index in [-0.39, 0.29) is 70.1 Å². The average molecular weight is 758 g/mol. The number of alkyl halides is 2. The van der Waals surface area contributed by atoms with Gasteiger partial charge in [-0.1, -0.05) is 12.0 Å². The second kappa shape index (κ2) is 13.8. The molecular weight excluding hydrogens is 714 g/mol. The molecular formula is C41H43F4N7O3. The van der Waals surface area contributed by atoms with Crippen molar-refractivity contribution in [2.75, 3.05) is 58.5 Å². The second-order valence-corrected chi connectivity index (χ2v) is 15.9. The van der Waals surface area contributed by atoms with E-state index in [0.717, 1.165) is 45.4 Å². The number of aromatic nitrogens is 4. The van der Waals surface area contributed by atoms with Crippen molar-refractivity contribution in [1.82, 2.24) is 29.5 Å². The van der Waals surface area contributed by atoms with Crippen molar-refractivity contribution >= 4 is 38.4 Å². The van der Waals surface area contributed by atoms with Gasteiger partial charge in [0.25, 0.3) is 0 Å². The Morgan fingerprint density at radius 2 is 1.73 bits per heavy atom. The van der Waals surface area contributed by atoms with Crippen LogP contribution in [0.1, 0.15) is 31.2 Å². The number of hydrogen-bond acceptors (Lipinski definition) is 9. The fraction of sp³-hybridized carbons (Fsp3) is 0.488. The Morgan fingerprint density at radius 3 is 2.44 bits per heavy atom. The Bertz CT molecular complexity index is 2340. The number of halogens is 4. The second-order valence-electron chi connectivity index (χ2n) is 15.9. The minimum Gasteiger partial charge on any atom is -0.508 e. The smallest absolute Gasteiger partial charge is 0.319 e. The maximum atomic E-state index is 17.7. The Morgan fingerprint density at radius 1 is 0.964 bits per heavy atom. The summed E-state index contributed by atoms with van der Waals surface area (Å²) in [5.74, 6) is 0.524. The van der Waals surface area contributed by atoms with Gasteiger partial charge in [0, 0.05) is 99.4 Å². The lowest BCUT2D eigenvalue weighted by atomic mass is 9.79. The van der Waals surface area contributed by atoms with Crippen molar-refractivity contribution in [2.45, 2.75) is 50.2 Å². The van der Waals surface area contributed by atoms with Gasteiger partial charge in [0.05, 0.1) is 17.6 Å². The molecule has 0 radical (unpaired) electrons. The lowest BCUT2D eigenvalue weighted by Crippen LogP contribution is -2.59. The highest BCUT2D eigenvalue weighted by molar-refractivity contribution is 6.18. The number of fused-ring (bicyclic) bond motifs is 6. The molecule has 1 aliphatic carbocycles. The normalized spacial score (nSPS) is 25.8. The van der Waals surface area contributed by atoms with E-state index in [1.807, 2.05) is 4.90 Å². The van der Waals surface area contributed by atoms with E-state index in [9.17, 15) is 13.9 Å². The summed E-state index contributed by atoms with van der Waals surface area (Å²) in [5, 5.41) is 17.3. The van der Waals surface area contributed by atoms with E-state index in [1.165, 1.54) is 24.3 Å². The fourth-order valence-electron chi connectivity index (χ4n) is 9.89. The van der Waals surface area contributed by atoms with Gasteiger partial charge in [-0.15, -0.1) is 6.42 Å². The number of ether oxygens (including phenoxy) is 2. The van der Waals surface area contributed by atoms with Gasteiger partial charge in [0.15, 0.2) is 5.82 Å². The number of phenols is 1. The predicted octanol–water partition coefficient (Wildman–Crippen LogP) is 6.20. The molecule has 288 valence electrons. The van der Waals surface area contributed by atoms with Crippen LogP contribution in [0.4, 0.5) is 23.4 Å². The standard InChI is InChI=1S/C41H43F4N7O3/c1-5-28-32(42)9-6-22-12-27(53)13-29(33(22)28)34-36(43)38-35(31-18-50(3)48-37(31)34)40(47-41(46-38)55-20-23-14-49(2)17-30(23)39(44)45)52-24-7-8-25(52)16-51(15-24)26-10-21(11-26)19-54-4/h1,6,9,12-13,18,21,23-26,30,39,53H,7-8,10-11,14-17,19-20H2,2-4H3/t21?,23-,24?,25?,26?,30+/m0/s1. The number of rotatable bonds is 9. The summed E-state index contributed by atoms with van der Waals surface area (Å²) in [6, 6.07) is 6.05. The van der Waals surface area contributed by atoms with Crippen molar-refractivity contribution in [3.8, 4) is 35.2 Å². The first-order valence-electron chi connectivity index (χ1n) is 18.9. The minimum atomic E-state index is -2.52. The third-order valence-corrected chi connectivity index (χ3v) is 12.4. The zero-order valence-corrected chi connectivity index (χ0v) is 31.0. The van der Waals surface area contributed by atoms with Crippen LogP contribution >= 0.6 is 0 Å². The van der Waals surface area contributed by atoms with Crippen LogP contribution in [-0.4, -0.2) is 113 Å². The average Bonchev–Trinajstić information content (AvgIpc) is 3.79. The first-order valence-corrected chi connectivity index (χ1v) is 18.9. The number of aryl methyl sites for hydroxylation is 1. The minimum absolute atomic E-state index is 0.0136. The molecule has 3 saturated heterocycles. The van der Waals surface area contributed by atoms with E-state index >= 15 is 8.78 Å². The monoisotopic (exact) mass is 757 g/mol. The Balaban J connectivity index is 1.22. The number of hydrogen-bond donors (Lipinski definition) is 1. The SMILES string of the molecule is C#Cc1c(F)ccc2cc(O)cc(-c3c(F)c4nc(OC[C@@H]5CN(C)C[C@H]5C(F)F)nc(N5C6CCC5CN(C5CC(COC)C5)C6)c4c4cn(C)nc34)c12. The van der Waals surface area contributed by atoms with Crippen molar-refractivity contribution in [2.24, 2.45) is 24.8 Å². The first kappa shape index (κ1) is 36.0. The first-order chi connectivity index (χ1) is 26.5. The molecule has 14 heteroatoms. The van der Waals surface area contributed by atoms with E-state index in [4.69, 9.17) is 26.0 Å². The van der Waals surface area contributed by atoms with E-state index in [1.54, 1.807) is 32.1 Å². The van der Waals surface area contributed by atoms with E-state index in [2.05, 4.69) is 20.7 Å². The topological polar surface area (TPSA) is 92.0 Å². The number of phenolic OH excluding ortho intramolecular Hbond substituents is 1. The van der Waals surface area contributed by atoms with Gasteiger partial charge in [-0.05, 0) is 67.8 Å². The molecule has 4 aliphatic rings. The molecule has 9 rings (SSSR count). The molecule has 3 aliphatic heterocycles. The zero-order valence-electron chi connectivity index (χ0n) is 31.0. The van der Waals surface area contributed by atoms with Gasteiger partial charge in [-0.3, -0.25) is 9.58 Å². The highest BCUT2D eigenvalue weighted by atomic mass is 19.3. The highest BCUT2D eigenvalue weighted by Gasteiger charge is 2.46. The summed E-state index contributed by atoms with van der Waals surface area (Å²) < 4.78 is 74.3. The number of methoxy groups -OCH3 is 1. The molecule has 10 nitrogen and oxygen atoms in total. The van der Waals surface area contributed by atoms with Crippen LogP contribution in [0.3, 0.4) is 0 Å². The van der Waals surface area contributed by atoms with Crippen LogP contribution < -0.4 is 9.64 Å². The molecule has 0 spiro atoms. The summed E-state index contributed by atoms with van der Waals surface area (Å²) in [5.41, 5.74) is 0.280. The summed E-state index contributed by atoms with van der Waals surface area (Å²) in [4.78, 5) is 16.4. The number of likely N-dealkylation sites (tertiary alicyclic amines) is 2. The molecule has 4 fully saturated rings. The van der Waals surface area contributed by atoms with Gasteiger partial charge in [0.1, 0.15) is 28.4 Å². The molecule has 2 aromatic heterocycles. The summed E-state index contributed by atoms with van der Waals surface area (Å²) in [6.07, 6.45) is 9.12. The summed E-state index contributed by atoms with van der Waals surface area (Å²) in [7, 11) is 5.27. The van der Waals surface area contributed by atoms with Crippen molar-refractivity contribution in [3.05, 3.63) is 47.7 Å². The van der Waals surface area contributed by atoms with Crippen molar-refractivity contribution < 1.29 is 32.1 Å². The molecule has 1 saturated carbocycles. The number of anilines is 1. The molecule has 55 heavy (non-hydrogen) atoms. The molecule has 1 N–H and O–H groups in total. The maximum Gasteiger partial charge on any atom is 0.319 e. The number of terminal acetylenes is 1. The highest BCUT2D eigenvalue weighted by Crippen LogP contribution is 2.47. The van der Waals surface area contributed by atoms with Crippen LogP contribution in [0.2, 0.25) is 0 Å². The van der Waals surface area contributed by atoms with Gasteiger partial charge in [-0.2, -0.15) is 15.1 Å². The summed E-state index contributed by atoms with van der Waals surface area (Å²) in [6.45, 7) is 2.99. The molecule has 2 bridgehead atoms. The Labute approximate surface area is 316 Å². The molecule has 0 amide bonds. The molecule has 5 heterocycles. The van der Waals surface area contributed by atoms with Crippen LogP contribution in [-0.2, 0) is 11.8 Å². The maximum absolute atomic E-state index is 17.7. The number of nitrogens with zero attached hydrogens (tertiary/aromatic N) is 7. The van der Waals surface area contributed by atoms with Crippen molar-refractivity contribution in [1.29, 1.82) is 0 Å². The zero-order chi connectivity index (χ0) is 38.3. The molecule has 4 atom stereocenters. The van der Waals surface area contributed by atoms with E-state index < -0.39 is 29.9 Å². The summed E-state index contributed by atoms with van der Waals surface area (Å²) >= 11 is 0. The van der Waals surface area contributed by atoms with Crippen molar-refractivity contribution in [3.63, 3.8) is 0 Å². The van der Waals surface area contributed by atoms with Crippen LogP contribution in [0.15, 0.2) is 30.5 Å². The van der Waals surface area contributed by atoms with Gasteiger partial charge >= 0.3 is 6.01 Å². The van der Waals surface area contributed by atoms with E-state index in [0.29, 0.717) is 40.5 Å². The number of benzene rings is 3. The van der Waals surface area contributed by atoms with Gasteiger partial charge in [-0.25, -0.2) is 17.6 Å². The fourth-order valence-corrected chi connectivity index (χ4v) is 9.89. The number of piperazine rings is 1. The van der Waals surface area contributed by atoms with Crippen LogP contribution in [0.5, 0.6) is 11.8 Å². The Kier molecular flexibility index (Phi) is 9.02. The lowest BCUT2D eigenvalue weighted by Gasteiger charge is -2.49. The largest absolute Gasteiger partial charge is 0.508 e. The number of aromatic hydroxyl groups is 1. The molecule has 3 aromatic carbocycles. The Hall–Kier alpha value is -4.71. The van der Waals surface area contributed by atoms with Crippen LogP contribution in [0.25, 0.3) is 43.7 Å². The molecule has 2 unspecified atom stereocenters. The lowest BCUT2D eigenvalue weighted by molar-refractivity contribution is 0.0199. The van der Waals surface area contributed by atoms with Gasteiger partial charge in [0.2, 0.25) is 6.43 Å².